The number of nitrogens with zero attached hydrogens (tertiary/aromatic N) is 1. The maximum Gasteiger partial charge on any atom is 0.226 e. The van der Waals surface area contributed by atoms with Crippen LogP contribution in [0.3, 0.4) is 0 Å². The molecule has 1 aromatic carbocycles. The number of likely N-dealkylation sites (tertiary alicyclic amines) is 1. The van der Waals surface area contributed by atoms with E-state index < -0.39 is 0 Å². The van der Waals surface area contributed by atoms with Crippen molar-refractivity contribution >= 4 is 5.91 Å². The van der Waals surface area contributed by atoms with Gasteiger partial charge in [0.25, 0.3) is 0 Å². The first-order valence-corrected chi connectivity index (χ1v) is 7.33. The van der Waals surface area contributed by atoms with Crippen molar-refractivity contribution in [2.75, 3.05) is 26.9 Å². The summed E-state index contributed by atoms with van der Waals surface area (Å²) in [6, 6.07) is 7.23. The van der Waals surface area contributed by atoms with E-state index in [2.05, 4.69) is 6.92 Å². The Morgan fingerprint density at radius 2 is 2.00 bits per heavy atom. The molecule has 21 heavy (non-hydrogen) atoms. The molecule has 2 atom stereocenters. The molecular weight excluding hydrogens is 270 g/mol. The zero-order valence-electron chi connectivity index (χ0n) is 12.6. The van der Waals surface area contributed by atoms with Crippen LogP contribution in [0.25, 0.3) is 0 Å². The number of methoxy groups -OCH3 is 1. The van der Waals surface area contributed by atoms with Crippen molar-refractivity contribution in [1.82, 2.24) is 4.90 Å². The van der Waals surface area contributed by atoms with Gasteiger partial charge in [-0.1, -0.05) is 6.92 Å². The average molecular weight is 293 g/mol. The predicted octanol–water partition coefficient (Wildman–Crippen LogP) is 1.69. The average Bonchev–Trinajstić information content (AvgIpc) is 2.88. The minimum absolute atomic E-state index is 0.0340. The number of benzene rings is 1. The molecule has 1 aliphatic rings. The molecule has 5 heteroatoms. The zero-order valence-corrected chi connectivity index (χ0v) is 12.6. The Labute approximate surface area is 125 Å². The highest BCUT2D eigenvalue weighted by Crippen LogP contribution is 2.24. The Morgan fingerprint density at radius 1 is 1.33 bits per heavy atom. The van der Waals surface area contributed by atoms with E-state index in [1.54, 1.807) is 12.0 Å². The van der Waals surface area contributed by atoms with Gasteiger partial charge in [0.1, 0.15) is 11.5 Å². The summed E-state index contributed by atoms with van der Waals surface area (Å²) in [5.74, 6) is 1.90. The minimum atomic E-state index is -0.0431. The van der Waals surface area contributed by atoms with Crippen molar-refractivity contribution in [3.63, 3.8) is 0 Å². The van der Waals surface area contributed by atoms with Crippen molar-refractivity contribution < 1.29 is 19.4 Å². The molecule has 116 valence electrons. The number of aliphatic hydroxyl groups is 1. The molecule has 0 aromatic heterocycles. The quantitative estimate of drug-likeness (QED) is 0.867. The van der Waals surface area contributed by atoms with Gasteiger partial charge < -0.3 is 19.5 Å². The zero-order chi connectivity index (χ0) is 15.2. The highest BCUT2D eigenvalue weighted by Gasteiger charge is 2.33. The molecular formula is C16H23NO4. The number of hydrogen-bond donors (Lipinski definition) is 1. The molecule has 2 unspecified atom stereocenters. The maximum atomic E-state index is 12.2. The van der Waals surface area contributed by atoms with Gasteiger partial charge in [-0.05, 0) is 36.6 Å². The molecule has 5 nitrogen and oxygen atoms in total. The summed E-state index contributed by atoms with van der Waals surface area (Å²) < 4.78 is 10.6. The third-order valence-electron chi connectivity index (χ3n) is 4.03. The lowest BCUT2D eigenvalue weighted by Crippen LogP contribution is -2.40. The van der Waals surface area contributed by atoms with E-state index in [0.717, 1.165) is 24.5 Å². The number of carbonyl (C=O) groups excluding carboxylic acids is 1. The van der Waals surface area contributed by atoms with Gasteiger partial charge in [0.15, 0.2) is 0 Å². The van der Waals surface area contributed by atoms with E-state index in [0.29, 0.717) is 18.9 Å². The van der Waals surface area contributed by atoms with Crippen LogP contribution in [0.2, 0.25) is 0 Å². The predicted molar refractivity (Wildman–Crippen MR) is 79.5 cm³/mol. The van der Waals surface area contributed by atoms with E-state index in [9.17, 15) is 9.90 Å². The summed E-state index contributed by atoms with van der Waals surface area (Å²) in [4.78, 5) is 13.9. The van der Waals surface area contributed by atoms with E-state index in [-0.39, 0.29) is 18.6 Å². The van der Waals surface area contributed by atoms with Gasteiger partial charge in [-0.3, -0.25) is 4.79 Å². The number of ether oxygens (including phenoxy) is 2. The van der Waals surface area contributed by atoms with Gasteiger partial charge in [0.2, 0.25) is 5.91 Å². The maximum absolute atomic E-state index is 12.2. The van der Waals surface area contributed by atoms with Crippen molar-refractivity contribution in [3.8, 4) is 11.5 Å². The molecule has 0 aliphatic carbocycles. The Bertz CT molecular complexity index is 460. The summed E-state index contributed by atoms with van der Waals surface area (Å²) in [5.41, 5.74) is 0. The Balaban J connectivity index is 1.78. The van der Waals surface area contributed by atoms with Crippen molar-refractivity contribution in [2.45, 2.75) is 25.8 Å². The second kappa shape index (κ2) is 7.31. The molecule has 1 heterocycles. The van der Waals surface area contributed by atoms with Crippen LogP contribution < -0.4 is 9.47 Å². The molecule has 0 spiro atoms. The second-order valence-corrected chi connectivity index (χ2v) is 5.38. The first-order chi connectivity index (χ1) is 10.2. The Morgan fingerprint density at radius 3 is 2.62 bits per heavy atom. The number of amides is 1. The second-order valence-electron chi connectivity index (χ2n) is 5.38. The topological polar surface area (TPSA) is 59.0 Å². The molecule has 1 saturated heterocycles. The monoisotopic (exact) mass is 293 g/mol. The van der Waals surface area contributed by atoms with Crippen LogP contribution in [0.5, 0.6) is 11.5 Å². The fourth-order valence-electron chi connectivity index (χ4n) is 2.67. The first-order valence-electron chi connectivity index (χ1n) is 7.33. The fourth-order valence-corrected chi connectivity index (χ4v) is 2.67. The molecule has 0 bridgehead atoms. The van der Waals surface area contributed by atoms with Crippen LogP contribution in [0.1, 0.15) is 19.8 Å². The summed E-state index contributed by atoms with van der Waals surface area (Å²) >= 11 is 0. The van der Waals surface area contributed by atoms with E-state index >= 15 is 0 Å². The summed E-state index contributed by atoms with van der Waals surface area (Å²) in [6.45, 7) is 3.18. The standard InChI is InChI=1S/C16H23NO4/c1-12-7-9-17(15(12)11-18)16(19)8-10-21-14-5-3-13(20-2)4-6-14/h3-6,12,15,18H,7-11H2,1-2H3. The SMILES string of the molecule is COc1ccc(OCCC(=O)N2CCC(C)C2CO)cc1. The van der Waals surface area contributed by atoms with Gasteiger partial charge in [-0.15, -0.1) is 0 Å². The van der Waals surface area contributed by atoms with Gasteiger partial charge >= 0.3 is 0 Å². The summed E-state index contributed by atoms with van der Waals surface area (Å²) in [6.07, 6.45) is 1.28. The molecule has 1 N–H and O–H groups in total. The number of rotatable bonds is 6. The lowest BCUT2D eigenvalue weighted by Gasteiger charge is -2.25. The van der Waals surface area contributed by atoms with E-state index in [4.69, 9.17) is 9.47 Å². The van der Waals surface area contributed by atoms with Crippen LogP contribution >= 0.6 is 0 Å². The highest BCUT2D eigenvalue weighted by molar-refractivity contribution is 5.77. The van der Waals surface area contributed by atoms with Gasteiger partial charge in [-0.25, -0.2) is 0 Å². The number of hydrogen-bond acceptors (Lipinski definition) is 4. The third kappa shape index (κ3) is 3.88. The highest BCUT2D eigenvalue weighted by atomic mass is 16.5. The molecule has 0 radical (unpaired) electrons. The third-order valence-corrected chi connectivity index (χ3v) is 4.03. The van der Waals surface area contributed by atoms with Crippen LogP contribution in [0.15, 0.2) is 24.3 Å². The van der Waals surface area contributed by atoms with Crippen molar-refractivity contribution in [3.05, 3.63) is 24.3 Å². The minimum Gasteiger partial charge on any atom is -0.497 e. The summed E-state index contributed by atoms with van der Waals surface area (Å²) in [5, 5.41) is 9.37. The van der Waals surface area contributed by atoms with Gasteiger partial charge in [0, 0.05) is 6.54 Å². The van der Waals surface area contributed by atoms with Crippen LogP contribution in [0.4, 0.5) is 0 Å². The van der Waals surface area contributed by atoms with Crippen LogP contribution in [-0.2, 0) is 4.79 Å². The molecule has 0 saturated carbocycles. The van der Waals surface area contributed by atoms with Gasteiger partial charge in [0.05, 0.1) is 32.8 Å². The van der Waals surface area contributed by atoms with Crippen molar-refractivity contribution in [2.24, 2.45) is 5.92 Å². The molecule has 1 fully saturated rings. The lowest BCUT2D eigenvalue weighted by atomic mass is 10.0. The number of carbonyl (C=O) groups is 1. The largest absolute Gasteiger partial charge is 0.497 e. The van der Waals surface area contributed by atoms with E-state index in [1.165, 1.54) is 0 Å². The normalized spacial score (nSPS) is 21.4. The van der Waals surface area contributed by atoms with Crippen LogP contribution in [-0.4, -0.2) is 48.8 Å². The molecule has 1 aliphatic heterocycles. The molecule has 2 rings (SSSR count). The van der Waals surface area contributed by atoms with E-state index in [1.807, 2.05) is 24.3 Å². The smallest absolute Gasteiger partial charge is 0.226 e. The fraction of sp³-hybridized carbons (Fsp3) is 0.562. The molecule has 1 amide bonds. The molecule has 1 aromatic rings. The first kappa shape index (κ1) is 15.6. The van der Waals surface area contributed by atoms with Crippen LogP contribution in [0, 0.1) is 5.92 Å². The van der Waals surface area contributed by atoms with Crippen molar-refractivity contribution in [1.29, 1.82) is 0 Å². The summed E-state index contributed by atoms with van der Waals surface area (Å²) in [7, 11) is 1.61. The Hall–Kier alpha value is -1.75. The number of aliphatic hydroxyl groups excluding tert-OH is 1. The Kier molecular flexibility index (Phi) is 5.44. The lowest BCUT2D eigenvalue weighted by molar-refractivity contribution is -0.133. The van der Waals surface area contributed by atoms with Gasteiger partial charge in [-0.2, -0.15) is 0 Å².